The van der Waals surface area contributed by atoms with Crippen LogP contribution in [0.1, 0.15) is 5.56 Å². The van der Waals surface area contributed by atoms with Crippen LogP contribution in [0.15, 0.2) is 22.5 Å². The molecule has 0 N–H and O–H groups in total. The fourth-order valence-electron chi connectivity index (χ4n) is 1.92. The van der Waals surface area contributed by atoms with Crippen LogP contribution >= 0.6 is 11.3 Å². The van der Waals surface area contributed by atoms with E-state index in [0.717, 1.165) is 0 Å². The number of rotatable bonds is 6. The molecule has 0 atom stereocenters. The van der Waals surface area contributed by atoms with E-state index in [4.69, 9.17) is 8.23 Å². The van der Waals surface area contributed by atoms with Gasteiger partial charge >= 0.3 is 8.56 Å². The van der Waals surface area contributed by atoms with Crippen LogP contribution < -0.4 is 0 Å². The van der Waals surface area contributed by atoms with Crippen molar-refractivity contribution in [3.63, 3.8) is 0 Å². The first-order valence-electron chi connectivity index (χ1n) is 6.61. The van der Waals surface area contributed by atoms with Gasteiger partial charge in [-0.1, -0.05) is 6.08 Å². The number of hydrogen-bond acceptors (Lipinski definition) is 3. The quantitative estimate of drug-likeness (QED) is 0.677. The van der Waals surface area contributed by atoms with Crippen molar-refractivity contribution in [3.8, 4) is 0 Å². The lowest BCUT2D eigenvalue weighted by Crippen LogP contribution is -2.51. The van der Waals surface area contributed by atoms with Crippen molar-refractivity contribution in [1.82, 2.24) is 0 Å². The van der Waals surface area contributed by atoms with E-state index >= 15 is 0 Å². The fraction of sp³-hybridized carbons (Fsp3) is 0.538. The molecule has 1 aromatic rings. The third-order valence-corrected chi connectivity index (χ3v) is 11.8. The average molecular weight is 331 g/mol. The van der Waals surface area contributed by atoms with Crippen molar-refractivity contribution >= 4 is 42.6 Å². The molecule has 0 aliphatic rings. The standard InChI is InChI=1S/C13H26O2SSi3/c1-17(2,3)14-19(7,15-18(4,5)6)11-9-13-8-10-16-12-13/h8-12H,1-7H3/b11-9-. The summed E-state index contributed by atoms with van der Waals surface area (Å²) in [6.45, 7) is 15.5. The van der Waals surface area contributed by atoms with Gasteiger partial charge in [0, 0.05) is 0 Å². The molecule has 0 saturated heterocycles. The SMILES string of the molecule is C[Si](C)(C)O[Si](C)(/C=C\c1ccsc1)O[Si](C)(C)C. The lowest BCUT2D eigenvalue weighted by atomic mass is 10.3. The van der Waals surface area contributed by atoms with E-state index < -0.39 is 25.2 Å². The Bertz CT molecular complexity index is 400. The van der Waals surface area contributed by atoms with Crippen molar-refractivity contribution in [2.24, 2.45) is 0 Å². The summed E-state index contributed by atoms with van der Waals surface area (Å²) in [5.41, 5.74) is 3.44. The molecule has 0 amide bonds. The largest absolute Gasteiger partial charge is 0.434 e. The topological polar surface area (TPSA) is 18.5 Å². The molecule has 108 valence electrons. The highest BCUT2D eigenvalue weighted by Crippen LogP contribution is 2.23. The predicted molar refractivity (Wildman–Crippen MR) is 93.8 cm³/mol. The van der Waals surface area contributed by atoms with Gasteiger partial charge in [0.2, 0.25) is 0 Å². The number of thiophene rings is 1. The molecule has 0 aliphatic heterocycles. The van der Waals surface area contributed by atoms with E-state index in [9.17, 15) is 0 Å². The smallest absolute Gasteiger partial charge is 0.341 e. The van der Waals surface area contributed by atoms with Crippen LogP contribution in [-0.2, 0) is 8.23 Å². The minimum Gasteiger partial charge on any atom is -0.434 e. The zero-order chi connectivity index (χ0) is 14.7. The molecule has 0 unspecified atom stereocenters. The summed E-state index contributed by atoms with van der Waals surface area (Å²) >= 11 is 1.72. The van der Waals surface area contributed by atoms with Crippen molar-refractivity contribution in [3.05, 3.63) is 28.1 Å². The Kier molecular flexibility index (Phi) is 5.56. The second kappa shape index (κ2) is 6.19. The average Bonchev–Trinajstić information content (AvgIpc) is 2.60. The zero-order valence-electron chi connectivity index (χ0n) is 13.1. The summed E-state index contributed by atoms with van der Waals surface area (Å²) in [6.07, 6.45) is 2.16. The van der Waals surface area contributed by atoms with Crippen molar-refractivity contribution < 1.29 is 8.23 Å². The minimum atomic E-state index is -2.23. The lowest BCUT2D eigenvalue weighted by Gasteiger charge is -2.36. The summed E-state index contributed by atoms with van der Waals surface area (Å²) in [4.78, 5) is 0. The van der Waals surface area contributed by atoms with Crippen LogP contribution in [0.4, 0.5) is 0 Å². The van der Waals surface area contributed by atoms with Gasteiger partial charge in [-0.15, -0.1) is 0 Å². The number of hydrogen-bond donors (Lipinski definition) is 0. The Balaban J connectivity index is 2.91. The van der Waals surface area contributed by atoms with E-state index in [-0.39, 0.29) is 0 Å². The maximum absolute atomic E-state index is 6.41. The van der Waals surface area contributed by atoms with Crippen LogP contribution in [0.2, 0.25) is 45.8 Å². The zero-order valence-corrected chi connectivity index (χ0v) is 16.9. The van der Waals surface area contributed by atoms with Gasteiger partial charge < -0.3 is 8.23 Å². The van der Waals surface area contributed by atoms with Crippen molar-refractivity contribution in [2.45, 2.75) is 45.8 Å². The normalized spacial score (nSPS) is 14.3. The molecule has 0 aromatic carbocycles. The van der Waals surface area contributed by atoms with Crippen LogP contribution in [0.5, 0.6) is 0 Å². The summed E-state index contributed by atoms with van der Waals surface area (Å²) < 4.78 is 12.8. The van der Waals surface area contributed by atoms with Gasteiger partial charge in [-0.05, 0) is 73.9 Å². The first kappa shape index (κ1) is 17.1. The molecule has 19 heavy (non-hydrogen) atoms. The van der Waals surface area contributed by atoms with Gasteiger partial charge in [-0.25, -0.2) is 0 Å². The molecule has 0 saturated carbocycles. The molecule has 6 heteroatoms. The Morgan fingerprint density at radius 2 is 1.47 bits per heavy atom. The van der Waals surface area contributed by atoms with Gasteiger partial charge in [0.05, 0.1) is 0 Å². The van der Waals surface area contributed by atoms with E-state index in [2.05, 4.69) is 74.4 Å². The molecule has 0 spiro atoms. The highest BCUT2D eigenvalue weighted by atomic mass is 32.1. The van der Waals surface area contributed by atoms with Crippen molar-refractivity contribution in [2.75, 3.05) is 0 Å². The van der Waals surface area contributed by atoms with Crippen molar-refractivity contribution in [1.29, 1.82) is 0 Å². The first-order valence-corrected chi connectivity index (χ1v) is 16.8. The van der Waals surface area contributed by atoms with Crippen LogP contribution in [0.25, 0.3) is 6.08 Å². The van der Waals surface area contributed by atoms with Gasteiger partial charge in [-0.3, -0.25) is 0 Å². The summed E-state index contributed by atoms with van der Waals surface area (Å²) in [7, 11) is -5.44. The van der Waals surface area contributed by atoms with E-state index in [1.165, 1.54) is 5.56 Å². The van der Waals surface area contributed by atoms with E-state index in [0.29, 0.717) is 0 Å². The Morgan fingerprint density at radius 1 is 0.947 bits per heavy atom. The molecule has 0 fully saturated rings. The molecule has 0 bridgehead atoms. The minimum absolute atomic E-state index is 1.24. The Labute approximate surface area is 125 Å². The van der Waals surface area contributed by atoms with E-state index in [1.54, 1.807) is 11.3 Å². The molecule has 1 aromatic heterocycles. The van der Waals surface area contributed by atoms with Crippen LogP contribution in [0.3, 0.4) is 0 Å². The van der Waals surface area contributed by atoms with E-state index in [1.807, 2.05) is 0 Å². The molecular weight excluding hydrogens is 304 g/mol. The molecule has 0 aliphatic carbocycles. The third kappa shape index (κ3) is 7.38. The maximum Gasteiger partial charge on any atom is 0.341 e. The van der Waals surface area contributed by atoms with Gasteiger partial charge in [-0.2, -0.15) is 11.3 Å². The highest BCUT2D eigenvalue weighted by Gasteiger charge is 2.38. The summed E-state index contributed by atoms with van der Waals surface area (Å²) in [5.74, 6) is 0. The highest BCUT2D eigenvalue weighted by molar-refractivity contribution is 7.08. The predicted octanol–water partition coefficient (Wildman–Crippen LogP) is 5.08. The second-order valence-electron chi connectivity index (χ2n) is 6.83. The van der Waals surface area contributed by atoms with Crippen LogP contribution in [0, 0.1) is 0 Å². The van der Waals surface area contributed by atoms with Gasteiger partial charge in [0.25, 0.3) is 0 Å². The van der Waals surface area contributed by atoms with Gasteiger partial charge in [0.1, 0.15) is 0 Å². The summed E-state index contributed by atoms with van der Waals surface area (Å²) in [5, 5.41) is 4.24. The molecule has 1 heterocycles. The lowest BCUT2D eigenvalue weighted by molar-refractivity contribution is 0.403. The Morgan fingerprint density at radius 3 is 1.84 bits per heavy atom. The fourth-order valence-corrected chi connectivity index (χ4v) is 13.9. The maximum atomic E-state index is 6.41. The third-order valence-electron chi connectivity index (χ3n) is 2.14. The van der Waals surface area contributed by atoms with Crippen LogP contribution in [-0.4, -0.2) is 25.2 Å². The molecule has 0 radical (unpaired) electrons. The second-order valence-corrected chi connectivity index (χ2v) is 20.1. The molecule has 2 nitrogen and oxygen atoms in total. The first-order chi connectivity index (χ1) is 8.49. The Hall–Kier alpha value is 0.0106. The monoisotopic (exact) mass is 330 g/mol. The summed E-state index contributed by atoms with van der Waals surface area (Å²) in [6, 6.07) is 2.12. The molecular formula is C13H26O2SSi3. The van der Waals surface area contributed by atoms with Gasteiger partial charge in [0.15, 0.2) is 16.6 Å². The molecule has 1 rings (SSSR count).